The quantitative estimate of drug-likeness (QED) is 0.493. The summed E-state index contributed by atoms with van der Waals surface area (Å²) in [7, 11) is 0. The predicted molar refractivity (Wildman–Crippen MR) is 123 cm³/mol. The average molecular weight is 451 g/mol. The van der Waals surface area contributed by atoms with Gasteiger partial charge in [-0.05, 0) is 16.7 Å². The van der Waals surface area contributed by atoms with Crippen LogP contribution in [0.1, 0.15) is 16.7 Å². The molecule has 0 aliphatic carbocycles. The number of rotatable bonds is 10. The maximum atomic E-state index is 10.7. The van der Waals surface area contributed by atoms with Crippen molar-refractivity contribution >= 4 is 0 Å². The van der Waals surface area contributed by atoms with Crippen LogP contribution in [0.2, 0.25) is 0 Å². The van der Waals surface area contributed by atoms with Crippen LogP contribution in [-0.4, -0.2) is 47.5 Å². The smallest absolute Gasteiger partial charge is 0.184 e. The van der Waals surface area contributed by atoms with Crippen molar-refractivity contribution in [1.82, 2.24) is 0 Å². The summed E-state index contributed by atoms with van der Waals surface area (Å²) < 4.78 is 24.3. The number of benzene rings is 3. The first-order chi connectivity index (χ1) is 16.2. The lowest BCUT2D eigenvalue weighted by atomic mass is 9.98. The van der Waals surface area contributed by atoms with Crippen molar-refractivity contribution in [3.05, 3.63) is 108 Å². The highest BCUT2D eigenvalue weighted by Crippen LogP contribution is 2.29. The zero-order chi connectivity index (χ0) is 22.9. The maximum Gasteiger partial charge on any atom is 0.184 e. The van der Waals surface area contributed by atoms with Gasteiger partial charge >= 0.3 is 0 Å². The molecule has 5 atom stereocenters. The van der Waals surface area contributed by atoms with Gasteiger partial charge in [-0.25, -0.2) is 0 Å². The van der Waals surface area contributed by atoms with E-state index in [2.05, 4.69) is 0 Å². The maximum absolute atomic E-state index is 10.7. The monoisotopic (exact) mass is 450 g/mol. The molecule has 2 unspecified atom stereocenters. The van der Waals surface area contributed by atoms with E-state index in [-0.39, 0.29) is 13.2 Å². The van der Waals surface area contributed by atoms with Crippen LogP contribution in [0, 0.1) is 0 Å². The van der Waals surface area contributed by atoms with E-state index in [9.17, 15) is 10.2 Å². The van der Waals surface area contributed by atoms with Crippen LogP contribution in [0.5, 0.6) is 0 Å². The van der Waals surface area contributed by atoms with E-state index in [4.69, 9.17) is 18.9 Å². The fraction of sp³-hybridized carbons (Fsp3) is 0.333. The molecule has 1 saturated heterocycles. The molecule has 0 saturated carbocycles. The molecule has 0 bridgehead atoms. The molecule has 2 N–H and O–H groups in total. The molecular weight excluding hydrogens is 420 g/mol. The minimum absolute atomic E-state index is 0.284. The fourth-order valence-electron chi connectivity index (χ4n) is 3.91. The molecule has 1 aliphatic heterocycles. The summed E-state index contributed by atoms with van der Waals surface area (Å²) in [6.07, 6.45) is -4.09. The highest BCUT2D eigenvalue weighted by molar-refractivity contribution is 5.15. The molecular formula is C27H30O6. The Labute approximate surface area is 194 Å². The number of aliphatic hydroxyl groups excluding tert-OH is 2. The Hall–Kier alpha value is -2.58. The predicted octanol–water partition coefficient (Wildman–Crippen LogP) is 3.45. The summed E-state index contributed by atoms with van der Waals surface area (Å²) in [5.41, 5.74) is 2.95. The van der Waals surface area contributed by atoms with E-state index in [0.29, 0.717) is 13.2 Å². The van der Waals surface area contributed by atoms with Crippen molar-refractivity contribution in [2.75, 3.05) is 6.61 Å². The summed E-state index contributed by atoms with van der Waals surface area (Å²) in [6, 6.07) is 29.3. The fourth-order valence-corrected chi connectivity index (χ4v) is 3.91. The third kappa shape index (κ3) is 6.48. The van der Waals surface area contributed by atoms with Crippen LogP contribution in [0.15, 0.2) is 91.0 Å². The molecule has 1 aliphatic rings. The highest BCUT2D eigenvalue weighted by atomic mass is 16.7. The topological polar surface area (TPSA) is 77.4 Å². The van der Waals surface area contributed by atoms with Gasteiger partial charge in [0.2, 0.25) is 0 Å². The van der Waals surface area contributed by atoms with Crippen molar-refractivity contribution in [2.24, 2.45) is 0 Å². The number of aliphatic hydroxyl groups is 2. The Bertz CT molecular complexity index is 937. The van der Waals surface area contributed by atoms with Gasteiger partial charge in [-0.1, -0.05) is 91.0 Å². The van der Waals surface area contributed by atoms with Gasteiger partial charge in [0.1, 0.15) is 24.4 Å². The summed E-state index contributed by atoms with van der Waals surface area (Å²) in [5, 5.41) is 20.7. The van der Waals surface area contributed by atoms with Gasteiger partial charge in [0, 0.05) is 0 Å². The Morgan fingerprint density at radius 2 is 0.970 bits per heavy atom. The lowest BCUT2D eigenvalue weighted by molar-refractivity contribution is -0.315. The summed E-state index contributed by atoms with van der Waals surface area (Å²) in [5.74, 6) is 0. The molecule has 0 amide bonds. The largest absolute Gasteiger partial charge is 0.394 e. The van der Waals surface area contributed by atoms with Crippen LogP contribution < -0.4 is 0 Å². The SMILES string of the molecule is OCC1O[C@H](O)C(OCc2ccccc2)[C@H](OCc2ccccc2)[C@@H]1OCc1ccccc1. The molecule has 0 radical (unpaired) electrons. The second-order valence-corrected chi connectivity index (χ2v) is 8.03. The van der Waals surface area contributed by atoms with Crippen molar-refractivity contribution in [3.63, 3.8) is 0 Å². The summed E-state index contributed by atoms with van der Waals surface area (Å²) in [4.78, 5) is 0. The standard InChI is InChI=1S/C27H30O6/c28-16-23-24(30-17-20-10-4-1-5-11-20)25(31-18-21-12-6-2-7-13-21)26(27(29)33-23)32-19-22-14-8-3-9-15-22/h1-15,23-29H,16-19H2/t23?,24-,25-,26?,27+/m1/s1. The second-order valence-electron chi connectivity index (χ2n) is 8.03. The van der Waals surface area contributed by atoms with Crippen molar-refractivity contribution < 1.29 is 29.2 Å². The van der Waals surface area contributed by atoms with E-state index in [1.165, 1.54) is 0 Å². The molecule has 1 fully saturated rings. The summed E-state index contributed by atoms with van der Waals surface area (Å²) in [6.45, 7) is 0.601. The number of ether oxygens (including phenoxy) is 4. The molecule has 0 spiro atoms. The van der Waals surface area contributed by atoms with Gasteiger partial charge in [0.25, 0.3) is 0 Å². The van der Waals surface area contributed by atoms with Gasteiger partial charge in [0.15, 0.2) is 6.29 Å². The van der Waals surface area contributed by atoms with Crippen molar-refractivity contribution in [3.8, 4) is 0 Å². The number of hydrogen-bond acceptors (Lipinski definition) is 6. The second kappa shape index (κ2) is 12.0. The number of hydrogen-bond donors (Lipinski definition) is 2. The lowest BCUT2D eigenvalue weighted by Gasteiger charge is -2.44. The van der Waals surface area contributed by atoms with Crippen LogP contribution in [0.25, 0.3) is 0 Å². The first kappa shape index (κ1) is 23.6. The normalized spacial score (nSPS) is 25.1. The molecule has 6 heteroatoms. The zero-order valence-corrected chi connectivity index (χ0v) is 18.4. The van der Waals surface area contributed by atoms with Crippen molar-refractivity contribution in [1.29, 1.82) is 0 Å². The first-order valence-electron chi connectivity index (χ1n) is 11.2. The lowest BCUT2D eigenvalue weighted by Crippen LogP contribution is -2.61. The van der Waals surface area contributed by atoms with Crippen LogP contribution in [0.4, 0.5) is 0 Å². The van der Waals surface area contributed by atoms with Gasteiger partial charge in [-0.2, -0.15) is 0 Å². The molecule has 33 heavy (non-hydrogen) atoms. The van der Waals surface area contributed by atoms with Crippen LogP contribution >= 0.6 is 0 Å². The molecule has 3 aromatic rings. The minimum Gasteiger partial charge on any atom is -0.394 e. The van der Waals surface area contributed by atoms with E-state index in [1.807, 2.05) is 91.0 Å². The Morgan fingerprint density at radius 1 is 0.576 bits per heavy atom. The molecule has 4 rings (SSSR count). The van der Waals surface area contributed by atoms with Crippen LogP contribution in [0.3, 0.4) is 0 Å². The molecule has 174 valence electrons. The van der Waals surface area contributed by atoms with Gasteiger partial charge in [0.05, 0.1) is 26.4 Å². The Balaban J connectivity index is 1.53. The molecule has 0 aromatic heterocycles. The third-order valence-electron chi connectivity index (χ3n) is 5.65. The van der Waals surface area contributed by atoms with E-state index in [1.54, 1.807) is 0 Å². The van der Waals surface area contributed by atoms with E-state index >= 15 is 0 Å². The third-order valence-corrected chi connectivity index (χ3v) is 5.65. The van der Waals surface area contributed by atoms with Gasteiger partial charge in [-0.3, -0.25) is 0 Å². The van der Waals surface area contributed by atoms with Gasteiger partial charge < -0.3 is 29.2 Å². The zero-order valence-electron chi connectivity index (χ0n) is 18.4. The first-order valence-corrected chi connectivity index (χ1v) is 11.2. The minimum atomic E-state index is -1.26. The van der Waals surface area contributed by atoms with Crippen LogP contribution in [-0.2, 0) is 38.8 Å². The molecule has 3 aromatic carbocycles. The Kier molecular flexibility index (Phi) is 8.60. The van der Waals surface area contributed by atoms with Crippen molar-refractivity contribution in [2.45, 2.75) is 50.5 Å². The molecule has 1 heterocycles. The van der Waals surface area contributed by atoms with E-state index < -0.39 is 30.7 Å². The Morgan fingerprint density at radius 3 is 1.39 bits per heavy atom. The average Bonchev–Trinajstić information content (AvgIpc) is 2.87. The summed E-state index contributed by atoms with van der Waals surface area (Å²) >= 11 is 0. The van der Waals surface area contributed by atoms with E-state index in [0.717, 1.165) is 16.7 Å². The highest BCUT2D eigenvalue weighted by Gasteiger charge is 2.47. The van der Waals surface area contributed by atoms with Gasteiger partial charge in [-0.15, -0.1) is 0 Å². The molecule has 6 nitrogen and oxygen atoms in total.